The third-order valence-electron chi connectivity index (χ3n) is 2.92. The fourth-order valence-electron chi connectivity index (χ4n) is 1.78. The van der Waals surface area contributed by atoms with Crippen LogP contribution >= 0.6 is 39.3 Å². The highest BCUT2D eigenvalue weighted by Crippen LogP contribution is 2.30. The fourth-order valence-corrected chi connectivity index (χ4v) is 3.09. The summed E-state index contributed by atoms with van der Waals surface area (Å²) in [5.41, 5.74) is 0.572. The van der Waals surface area contributed by atoms with Gasteiger partial charge in [-0.25, -0.2) is 0 Å². The monoisotopic (exact) mass is 399 g/mol. The zero-order chi connectivity index (χ0) is 16.1. The minimum atomic E-state index is -0.245. The molecule has 0 saturated carbocycles. The van der Waals surface area contributed by atoms with Gasteiger partial charge in [-0.3, -0.25) is 4.79 Å². The Morgan fingerprint density at radius 1 is 1.27 bits per heavy atom. The Hall–Kier alpha value is -1.17. The average molecular weight is 401 g/mol. The van der Waals surface area contributed by atoms with E-state index in [9.17, 15) is 4.79 Å². The maximum atomic E-state index is 12.3. The molecule has 3 nitrogen and oxygen atoms in total. The molecular formula is C16H15BrClNO2S. The molecule has 1 amide bonds. The topological polar surface area (TPSA) is 38.3 Å². The minimum Gasteiger partial charge on any atom is -0.495 e. The normalized spacial score (nSPS) is 11.8. The van der Waals surface area contributed by atoms with Crippen LogP contribution in [0.25, 0.3) is 0 Å². The van der Waals surface area contributed by atoms with Crippen molar-refractivity contribution < 1.29 is 9.53 Å². The van der Waals surface area contributed by atoms with Crippen LogP contribution in [-0.2, 0) is 4.79 Å². The number of thioether (sulfide) groups is 1. The molecule has 0 bridgehead atoms. The lowest BCUT2D eigenvalue weighted by Gasteiger charge is -2.14. The van der Waals surface area contributed by atoms with Gasteiger partial charge in [0.1, 0.15) is 5.75 Å². The number of carbonyl (C=O) groups is 1. The van der Waals surface area contributed by atoms with Gasteiger partial charge in [-0.1, -0.05) is 27.5 Å². The third-order valence-corrected chi connectivity index (χ3v) is 4.79. The molecule has 22 heavy (non-hydrogen) atoms. The molecule has 0 aliphatic rings. The number of nitrogens with one attached hydrogen (secondary N) is 1. The predicted molar refractivity (Wildman–Crippen MR) is 96.1 cm³/mol. The molecule has 2 aromatic carbocycles. The van der Waals surface area contributed by atoms with Crippen molar-refractivity contribution in [1.82, 2.24) is 0 Å². The number of amides is 1. The van der Waals surface area contributed by atoms with Crippen molar-refractivity contribution in [2.75, 3.05) is 12.4 Å². The summed E-state index contributed by atoms with van der Waals surface area (Å²) >= 11 is 10.8. The van der Waals surface area contributed by atoms with Crippen LogP contribution in [-0.4, -0.2) is 18.3 Å². The van der Waals surface area contributed by atoms with Crippen LogP contribution in [0.3, 0.4) is 0 Å². The lowest BCUT2D eigenvalue weighted by atomic mass is 10.3. The summed E-state index contributed by atoms with van der Waals surface area (Å²) in [7, 11) is 1.55. The van der Waals surface area contributed by atoms with Gasteiger partial charge in [-0.05, 0) is 49.4 Å². The Labute approximate surface area is 147 Å². The summed E-state index contributed by atoms with van der Waals surface area (Å²) < 4.78 is 6.24. The van der Waals surface area contributed by atoms with E-state index in [0.717, 1.165) is 9.37 Å². The molecule has 2 aromatic rings. The molecule has 1 unspecified atom stereocenters. The van der Waals surface area contributed by atoms with Crippen LogP contribution in [0.15, 0.2) is 51.8 Å². The maximum Gasteiger partial charge on any atom is 0.237 e. The molecule has 1 N–H and O–H groups in total. The zero-order valence-corrected chi connectivity index (χ0v) is 15.3. The minimum absolute atomic E-state index is 0.103. The summed E-state index contributed by atoms with van der Waals surface area (Å²) in [5.74, 6) is 0.479. The number of ether oxygens (including phenoxy) is 1. The number of hydrogen-bond acceptors (Lipinski definition) is 3. The molecule has 2 rings (SSSR count). The molecule has 0 aliphatic heterocycles. The predicted octanol–water partition coefficient (Wildman–Crippen LogP) is 5.23. The van der Waals surface area contributed by atoms with Crippen molar-refractivity contribution in [2.45, 2.75) is 17.1 Å². The molecule has 0 aromatic heterocycles. The van der Waals surface area contributed by atoms with E-state index < -0.39 is 0 Å². The first-order chi connectivity index (χ1) is 10.5. The third kappa shape index (κ3) is 4.66. The molecule has 0 saturated heterocycles. The number of benzene rings is 2. The van der Waals surface area contributed by atoms with Gasteiger partial charge in [0.25, 0.3) is 0 Å². The molecule has 6 heteroatoms. The van der Waals surface area contributed by atoms with Crippen molar-refractivity contribution in [1.29, 1.82) is 0 Å². The molecular weight excluding hydrogens is 386 g/mol. The number of carbonyl (C=O) groups excluding carboxylic acids is 1. The molecule has 116 valence electrons. The second kappa shape index (κ2) is 7.90. The number of methoxy groups -OCH3 is 1. The first-order valence-electron chi connectivity index (χ1n) is 6.56. The van der Waals surface area contributed by atoms with Crippen LogP contribution < -0.4 is 10.1 Å². The van der Waals surface area contributed by atoms with Crippen LogP contribution in [0.2, 0.25) is 5.02 Å². The second-order valence-electron chi connectivity index (χ2n) is 4.55. The Morgan fingerprint density at radius 2 is 1.95 bits per heavy atom. The van der Waals surface area contributed by atoms with Crippen molar-refractivity contribution in [3.63, 3.8) is 0 Å². The van der Waals surface area contributed by atoms with Gasteiger partial charge in [0, 0.05) is 14.4 Å². The first kappa shape index (κ1) is 17.2. The lowest BCUT2D eigenvalue weighted by molar-refractivity contribution is -0.115. The van der Waals surface area contributed by atoms with Crippen molar-refractivity contribution in [3.05, 3.63) is 52.0 Å². The molecule has 0 aliphatic carbocycles. The molecule has 0 spiro atoms. The average Bonchev–Trinajstić information content (AvgIpc) is 2.49. The van der Waals surface area contributed by atoms with Crippen LogP contribution in [0.1, 0.15) is 6.92 Å². The molecule has 0 radical (unpaired) electrons. The Bertz CT molecular complexity index is 664. The van der Waals surface area contributed by atoms with Crippen LogP contribution in [0.5, 0.6) is 5.75 Å². The highest BCUT2D eigenvalue weighted by Gasteiger charge is 2.16. The highest BCUT2D eigenvalue weighted by atomic mass is 79.9. The van der Waals surface area contributed by atoms with E-state index in [1.807, 2.05) is 31.2 Å². The van der Waals surface area contributed by atoms with E-state index in [4.69, 9.17) is 16.3 Å². The van der Waals surface area contributed by atoms with Crippen molar-refractivity contribution in [3.8, 4) is 5.75 Å². The van der Waals surface area contributed by atoms with E-state index in [2.05, 4.69) is 21.2 Å². The Balaban J connectivity index is 2.05. The first-order valence-corrected chi connectivity index (χ1v) is 8.61. The maximum absolute atomic E-state index is 12.3. The largest absolute Gasteiger partial charge is 0.495 e. The smallest absolute Gasteiger partial charge is 0.237 e. The SMILES string of the molecule is COc1ccc(Cl)cc1NC(=O)C(C)Sc1ccc(Br)cc1. The van der Waals surface area contributed by atoms with Gasteiger partial charge in [-0.15, -0.1) is 11.8 Å². The Morgan fingerprint density at radius 3 is 2.59 bits per heavy atom. The number of anilines is 1. The van der Waals surface area contributed by atoms with E-state index in [0.29, 0.717) is 16.5 Å². The number of halogens is 2. The van der Waals surface area contributed by atoms with Gasteiger partial charge in [0.2, 0.25) is 5.91 Å². The second-order valence-corrected chi connectivity index (χ2v) is 7.31. The van der Waals surface area contributed by atoms with Gasteiger partial charge in [-0.2, -0.15) is 0 Å². The summed E-state index contributed by atoms with van der Waals surface area (Å²) in [4.78, 5) is 13.4. The van der Waals surface area contributed by atoms with Gasteiger partial charge in [0.05, 0.1) is 18.0 Å². The molecule has 0 fully saturated rings. The zero-order valence-electron chi connectivity index (χ0n) is 12.1. The molecule has 0 heterocycles. The van der Waals surface area contributed by atoms with E-state index >= 15 is 0 Å². The summed E-state index contributed by atoms with van der Waals surface area (Å²) in [5, 5.41) is 3.16. The quantitative estimate of drug-likeness (QED) is 0.698. The standard InChI is InChI=1S/C16H15BrClNO2S/c1-10(22-13-6-3-11(17)4-7-13)16(20)19-14-9-12(18)5-8-15(14)21-2/h3-10H,1-2H3,(H,19,20). The van der Waals surface area contributed by atoms with Crippen molar-refractivity contribution >= 4 is 50.9 Å². The van der Waals surface area contributed by atoms with E-state index in [-0.39, 0.29) is 11.2 Å². The number of hydrogen-bond donors (Lipinski definition) is 1. The summed E-state index contributed by atoms with van der Waals surface area (Å²) in [6.45, 7) is 1.86. The van der Waals surface area contributed by atoms with E-state index in [1.54, 1.807) is 25.3 Å². The summed E-state index contributed by atoms with van der Waals surface area (Å²) in [6, 6.07) is 13.0. The molecule has 1 atom stereocenters. The van der Waals surface area contributed by atoms with Gasteiger partial charge >= 0.3 is 0 Å². The highest BCUT2D eigenvalue weighted by molar-refractivity contribution is 9.10. The van der Waals surface area contributed by atoms with Crippen molar-refractivity contribution in [2.24, 2.45) is 0 Å². The van der Waals surface area contributed by atoms with Crippen LogP contribution in [0.4, 0.5) is 5.69 Å². The van der Waals surface area contributed by atoms with Crippen LogP contribution in [0, 0.1) is 0 Å². The fraction of sp³-hybridized carbons (Fsp3) is 0.188. The van der Waals surface area contributed by atoms with Gasteiger partial charge in [0.15, 0.2) is 0 Å². The summed E-state index contributed by atoms with van der Waals surface area (Å²) in [6.07, 6.45) is 0. The Kier molecular flexibility index (Phi) is 6.17. The lowest BCUT2D eigenvalue weighted by Crippen LogP contribution is -2.22. The number of rotatable bonds is 5. The van der Waals surface area contributed by atoms with Gasteiger partial charge < -0.3 is 10.1 Å². The van der Waals surface area contributed by atoms with E-state index in [1.165, 1.54) is 11.8 Å².